The first kappa shape index (κ1) is 96.5. The summed E-state index contributed by atoms with van der Waals surface area (Å²) in [5.74, 6) is -15.2. The number of halogens is 1. The summed E-state index contributed by atoms with van der Waals surface area (Å²) in [6.45, 7) is 9.89. The molecule has 0 aliphatic carbocycles. The van der Waals surface area contributed by atoms with Crippen LogP contribution in [0.25, 0.3) is 11.1 Å². The first-order valence-corrected chi connectivity index (χ1v) is 43.4. The molecule has 7 aliphatic rings. The number of aliphatic hydroxyl groups is 6. The Morgan fingerprint density at radius 2 is 1.34 bits per heavy atom. The van der Waals surface area contributed by atoms with Gasteiger partial charge in [-0.15, -0.1) is 0 Å². The zero-order valence-electron chi connectivity index (χ0n) is 70.5. The normalized spacial score (nSPS) is 25.8. The van der Waals surface area contributed by atoms with E-state index in [4.69, 9.17) is 61.0 Å². The van der Waals surface area contributed by atoms with Gasteiger partial charge in [-0.25, -0.2) is 22.7 Å². The standard InChI is InChI=1S/C86H108ClN11O28S/c1-8-9-10-15-28-119-47-19-21-49(22-20-47)127(117,118)92-27-14-12-11-13-26-91-85(116)121-48-35-51-64(56(101)36-48)50-31-43(16-23-55(50)100)65-79(110)98-69(82(113)96-67(51)83(114)115)71(104)45-18-25-58(52(87)32-45)123-60-34-46-33-59(74(60)126-84-75(73(106)72(105)61(39-99)124-84)125-63-38-86(6,89)76(107)42(5)120-63)122-57-24-17-44(30-41(57)4)70(103)68(97-77(108)53(90-7)29-40(2)3)81(112)93-54(37-62(88)102)78(109)94-66(46)80(111)95-65/h16-25,30-36,40,42,53-54,61,63,65-73,75-76,84,90,92,99-101,103-107H,8-15,26-29,37-39,89H2,1-7H3,(H2,88,102)(H,91,116)(H,93,112)(H,94,109)(H,95,111)(H,96,113)(H,97,108)(H,98,110)(H,114,115)/t42-,53+,54-,61+,63-,65+,66+,67-,68+,69-,70+,71+,72+,73-,75+,76+,84-,86-/m0/s1. The summed E-state index contributed by atoms with van der Waals surface area (Å²) in [6.07, 6.45) is -13.9. The summed E-state index contributed by atoms with van der Waals surface area (Å²) in [5.41, 5.74) is 8.16. The number of aryl methyl sites for hydroxylation is 1. The van der Waals surface area contributed by atoms with Crippen molar-refractivity contribution in [2.24, 2.45) is 17.4 Å². The van der Waals surface area contributed by atoms with Crippen LogP contribution in [0.2, 0.25) is 5.02 Å². The minimum absolute atomic E-state index is 0.00389. The van der Waals surface area contributed by atoms with E-state index in [1.807, 2.05) is 13.8 Å². The van der Waals surface area contributed by atoms with Crippen LogP contribution in [0.15, 0.2) is 108 Å². The molecule has 41 heteroatoms. The van der Waals surface area contributed by atoms with Crippen LogP contribution < -0.4 is 82.4 Å². The molecule has 39 nitrogen and oxygen atoms in total. The molecule has 688 valence electrons. The van der Waals surface area contributed by atoms with Crippen LogP contribution in [0.4, 0.5) is 4.79 Å². The third kappa shape index (κ3) is 23.5. The first-order valence-electron chi connectivity index (χ1n) is 41.5. The fourth-order valence-electron chi connectivity index (χ4n) is 15.4. The molecule has 0 radical (unpaired) electrons. The highest BCUT2D eigenvalue weighted by Gasteiger charge is 2.52. The monoisotopic (exact) mass is 1810 g/mol. The minimum atomic E-state index is -3.85. The molecule has 2 fully saturated rings. The number of hydrogen-bond donors (Lipinski definition) is 20. The van der Waals surface area contributed by atoms with Gasteiger partial charge in [0.2, 0.25) is 63.4 Å². The molecule has 0 saturated carbocycles. The third-order valence-electron chi connectivity index (χ3n) is 22.3. The Labute approximate surface area is 735 Å². The lowest BCUT2D eigenvalue weighted by atomic mass is 9.86. The number of carbonyl (C=O) groups is 9. The number of aromatic hydroxyl groups is 2. The number of ether oxygens (including phenoxy) is 8. The van der Waals surface area contributed by atoms with Crippen molar-refractivity contribution in [1.29, 1.82) is 0 Å². The van der Waals surface area contributed by atoms with E-state index in [0.717, 1.165) is 86.3 Å². The Morgan fingerprint density at radius 3 is 1.98 bits per heavy atom. The number of phenolic OH excluding ortho intramolecular Hbond substituents is 2. The van der Waals surface area contributed by atoms with E-state index in [1.54, 1.807) is 12.1 Å². The predicted molar refractivity (Wildman–Crippen MR) is 451 cm³/mol. The van der Waals surface area contributed by atoms with Crippen LogP contribution in [0.3, 0.4) is 0 Å². The van der Waals surface area contributed by atoms with Crippen molar-refractivity contribution in [2.75, 3.05) is 33.4 Å². The number of nitrogens with one attached hydrogen (secondary N) is 9. The van der Waals surface area contributed by atoms with Crippen molar-refractivity contribution in [1.82, 2.24) is 47.3 Å². The van der Waals surface area contributed by atoms with Crippen molar-refractivity contribution < 1.29 is 135 Å². The lowest BCUT2D eigenvalue weighted by Gasteiger charge is -2.47. The number of amides is 8. The summed E-state index contributed by atoms with van der Waals surface area (Å²) in [5, 5.41) is 125. The summed E-state index contributed by atoms with van der Waals surface area (Å²) >= 11 is 7.17. The average molecular weight is 1810 g/mol. The van der Waals surface area contributed by atoms with Gasteiger partial charge in [-0.3, -0.25) is 33.6 Å². The Balaban J connectivity index is 1.00. The molecule has 0 spiro atoms. The molecular formula is C86H108ClN11O28S. The first-order chi connectivity index (χ1) is 60.3. The van der Waals surface area contributed by atoms with Crippen molar-refractivity contribution >= 4 is 75.0 Å². The topological polar surface area (TPSA) is 604 Å². The van der Waals surface area contributed by atoms with E-state index in [9.17, 15) is 73.6 Å². The lowest BCUT2D eigenvalue weighted by Crippen LogP contribution is -2.64. The zero-order chi connectivity index (χ0) is 92.2. The molecule has 18 atom stereocenters. The summed E-state index contributed by atoms with van der Waals surface area (Å²) < 4.78 is 78.9. The van der Waals surface area contributed by atoms with E-state index in [0.29, 0.717) is 38.0 Å². The Morgan fingerprint density at radius 1 is 0.693 bits per heavy atom. The zero-order valence-corrected chi connectivity index (χ0v) is 72.1. The molecule has 7 aliphatic heterocycles. The summed E-state index contributed by atoms with van der Waals surface area (Å²) in [7, 11) is -2.37. The van der Waals surface area contributed by atoms with Gasteiger partial charge in [0.25, 0.3) is 0 Å². The molecule has 6 aromatic rings. The maximum absolute atomic E-state index is 16.3. The second kappa shape index (κ2) is 42.2. The molecular weight excluding hydrogens is 1700 g/mol. The summed E-state index contributed by atoms with van der Waals surface area (Å²) in [6, 6.07) is 5.81. The quantitative estimate of drug-likeness (QED) is 0.0298. The fourth-order valence-corrected chi connectivity index (χ4v) is 16.7. The van der Waals surface area contributed by atoms with Crippen LogP contribution in [0.1, 0.15) is 169 Å². The molecule has 13 rings (SSSR count). The van der Waals surface area contributed by atoms with Gasteiger partial charge in [-0.1, -0.05) is 82.7 Å². The number of phenols is 2. The van der Waals surface area contributed by atoms with Crippen molar-refractivity contribution in [3.8, 4) is 62.9 Å². The summed E-state index contributed by atoms with van der Waals surface area (Å²) in [4.78, 5) is 133. The Hall–Kier alpha value is -11.1. The van der Waals surface area contributed by atoms with E-state index >= 15 is 24.0 Å². The molecule has 2 saturated heterocycles. The number of likely N-dealkylation sites (N-methyl/N-ethyl adjacent to an activating group) is 1. The Bertz CT molecular complexity index is 5150. The maximum Gasteiger partial charge on any atom is 0.412 e. The van der Waals surface area contributed by atoms with Gasteiger partial charge in [0.1, 0.15) is 95.2 Å². The van der Waals surface area contributed by atoms with Gasteiger partial charge in [0.05, 0.1) is 47.8 Å². The van der Waals surface area contributed by atoms with E-state index in [-0.39, 0.29) is 59.2 Å². The number of unbranched alkanes of at least 4 members (excludes halogenated alkanes) is 6. The van der Waals surface area contributed by atoms with Gasteiger partial charge in [-0.05, 0) is 166 Å². The van der Waals surface area contributed by atoms with Crippen LogP contribution in [-0.2, 0) is 62.6 Å². The van der Waals surface area contributed by atoms with Gasteiger partial charge in [0, 0.05) is 47.8 Å². The maximum atomic E-state index is 16.3. The number of carboxylic acids is 1. The second-order valence-corrected chi connectivity index (χ2v) is 34.7. The number of carbonyl (C=O) groups excluding carboxylic acids is 8. The molecule has 22 N–H and O–H groups in total. The number of aliphatic carboxylic acids is 1. The number of fused-ring (bicyclic) bond motifs is 15. The smallest absolute Gasteiger partial charge is 0.412 e. The number of primary amides is 1. The van der Waals surface area contributed by atoms with Gasteiger partial charge in [0.15, 0.2) is 29.9 Å². The number of rotatable bonds is 29. The number of sulfonamides is 1. The lowest BCUT2D eigenvalue weighted by molar-refractivity contribution is -0.333. The van der Waals surface area contributed by atoms with Gasteiger partial charge >= 0.3 is 12.1 Å². The van der Waals surface area contributed by atoms with Crippen LogP contribution in [0.5, 0.6) is 51.7 Å². The fraction of sp³-hybridized carbons (Fsp3) is 0.477. The van der Waals surface area contributed by atoms with Crippen molar-refractivity contribution in [2.45, 2.75) is 226 Å². The highest BCUT2D eigenvalue weighted by molar-refractivity contribution is 7.89. The molecule has 127 heavy (non-hydrogen) atoms. The molecule has 7 heterocycles. The average Bonchev–Trinajstić information content (AvgIpc) is 0.767. The number of benzene rings is 6. The van der Waals surface area contributed by atoms with E-state index in [2.05, 4.69) is 54.2 Å². The largest absolute Gasteiger partial charge is 0.507 e. The highest BCUT2D eigenvalue weighted by Crippen LogP contribution is 2.50. The van der Waals surface area contributed by atoms with Crippen molar-refractivity contribution in [3.05, 3.63) is 142 Å². The van der Waals surface area contributed by atoms with Gasteiger partial charge in [-0.2, -0.15) is 0 Å². The second-order valence-electron chi connectivity index (χ2n) is 32.5. The number of hydrogen-bond acceptors (Lipinski definition) is 29. The molecule has 0 aromatic heterocycles. The number of carboxylic acid groups (broad SMARTS) is 1. The van der Waals surface area contributed by atoms with E-state index < -0.39 is 259 Å². The highest BCUT2D eigenvalue weighted by atomic mass is 35.5. The predicted octanol–water partition coefficient (Wildman–Crippen LogP) is 3.64. The van der Waals surface area contributed by atoms with Crippen LogP contribution in [-0.4, -0.2) is 220 Å². The number of aliphatic hydroxyl groups excluding tert-OH is 6. The van der Waals surface area contributed by atoms with Crippen LogP contribution >= 0.6 is 11.6 Å². The third-order valence-corrected chi connectivity index (χ3v) is 24.1. The SMILES string of the molecule is CCCCCCOc1ccc(S(=O)(=O)NCCCCCCNC(=O)Oc2cc(O)c3c(c2)[C@@H](C(=O)O)NC(=O)[C@H]2NC(=O)[C@H](NC(=O)[C@@H]4NC(=O)[C@H](CC(N)=O)NC(=O)[C@H](NC(=O)[C@@H](CC(C)C)NC)[C@H](O)c5ccc(c(C)c5)Oc5cc4cc(c5O[C@@H]4O[C@H](CO)[C@@H](O)[C@H](O)[C@H]4O[C@H]4C[C@](C)(N)[C@H](O)[C@H](C)O4)Oc4ccc(cc4Cl)[C@H]2O)c2ccc(O)c-3c2)cc1. The van der Waals surface area contributed by atoms with Crippen molar-refractivity contribution in [3.63, 3.8) is 0 Å². The van der Waals surface area contributed by atoms with Crippen LogP contribution in [0, 0.1) is 12.8 Å². The Kier molecular flexibility index (Phi) is 32.1. The van der Waals surface area contributed by atoms with Gasteiger partial charge < -0.3 is 138 Å². The number of nitrogens with two attached hydrogens (primary N) is 2. The molecule has 11 bridgehead atoms. The van der Waals surface area contributed by atoms with E-state index in [1.165, 1.54) is 58.2 Å². The molecule has 0 unspecified atom stereocenters. The molecule has 8 amide bonds. The molecule has 6 aromatic carbocycles. The minimum Gasteiger partial charge on any atom is -0.507 e.